The zero-order valence-corrected chi connectivity index (χ0v) is 12.6. The van der Waals surface area contributed by atoms with Crippen LogP contribution in [0.3, 0.4) is 0 Å². The second kappa shape index (κ2) is 4.99. The molecule has 20 heavy (non-hydrogen) atoms. The average molecular weight is 291 g/mol. The lowest BCUT2D eigenvalue weighted by Crippen LogP contribution is -2.25. The van der Waals surface area contributed by atoms with Crippen molar-refractivity contribution in [2.24, 2.45) is 7.05 Å². The second-order valence-corrected chi connectivity index (χ2v) is 6.22. The molecule has 1 amide bonds. The lowest BCUT2D eigenvalue weighted by Gasteiger charge is -2.20. The molecule has 0 radical (unpaired) electrons. The summed E-state index contributed by atoms with van der Waals surface area (Å²) in [5, 5.41) is 7.74. The Kier molecular flexibility index (Phi) is 3.31. The molecule has 0 atom stereocenters. The minimum Gasteiger partial charge on any atom is -0.301 e. The number of nitrogens with zero attached hydrogens (tertiary/aromatic N) is 4. The highest BCUT2D eigenvalue weighted by Crippen LogP contribution is 2.28. The molecule has 0 aliphatic carbocycles. The van der Waals surface area contributed by atoms with Crippen molar-refractivity contribution in [3.8, 4) is 0 Å². The molecular weight excluding hydrogens is 274 g/mol. The summed E-state index contributed by atoms with van der Waals surface area (Å²) in [7, 11) is 3.90. The number of thiazole rings is 1. The van der Waals surface area contributed by atoms with Crippen LogP contribution in [0.15, 0.2) is 6.20 Å². The average Bonchev–Trinajstić information content (AvgIpc) is 2.91. The first-order chi connectivity index (χ1) is 9.52. The van der Waals surface area contributed by atoms with E-state index in [4.69, 9.17) is 0 Å². The van der Waals surface area contributed by atoms with Crippen LogP contribution in [-0.4, -0.2) is 39.2 Å². The van der Waals surface area contributed by atoms with Crippen molar-refractivity contribution < 1.29 is 4.79 Å². The standard InChI is InChI=1S/C13H17N5OS/c1-8-9(6-18(3)16-8)12(19)15-13-14-10-4-5-17(2)7-11(10)20-13/h6H,4-5,7H2,1-3H3,(H,14,15,19). The van der Waals surface area contributed by atoms with Crippen molar-refractivity contribution in [2.45, 2.75) is 19.9 Å². The molecule has 0 spiro atoms. The van der Waals surface area contributed by atoms with Gasteiger partial charge in [0.2, 0.25) is 0 Å². The Hall–Kier alpha value is -1.73. The van der Waals surface area contributed by atoms with Crippen LogP contribution < -0.4 is 5.32 Å². The number of carbonyl (C=O) groups is 1. The topological polar surface area (TPSA) is 63.1 Å². The zero-order chi connectivity index (χ0) is 14.3. The summed E-state index contributed by atoms with van der Waals surface area (Å²) in [6, 6.07) is 0. The van der Waals surface area contributed by atoms with Crippen molar-refractivity contribution >= 4 is 22.4 Å². The van der Waals surface area contributed by atoms with Crippen molar-refractivity contribution in [1.82, 2.24) is 19.7 Å². The van der Waals surface area contributed by atoms with E-state index in [1.54, 1.807) is 22.2 Å². The van der Waals surface area contributed by atoms with E-state index in [1.165, 1.54) is 4.88 Å². The van der Waals surface area contributed by atoms with Crippen LogP contribution in [0.5, 0.6) is 0 Å². The van der Waals surface area contributed by atoms with E-state index in [1.807, 2.05) is 14.0 Å². The number of hydrogen-bond acceptors (Lipinski definition) is 5. The molecule has 7 heteroatoms. The summed E-state index contributed by atoms with van der Waals surface area (Å²) < 4.78 is 1.64. The molecule has 1 aliphatic rings. The first-order valence-corrected chi connectivity index (χ1v) is 7.33. The minimum absolute atomic E-state index is 0.143. The molecule has 0 aromatic carbocycles. The molecule has 0 fully saturated rings. The lowest BCUT2D eigenvalue weighted by molar-refractivity contribution is 0.102. The van der Waals surface area contributed by atoms with Crippen molar-refractivity contribution in [3.63, 3.8) is 0 Å². The Bertz CT molecular complexity index is 660. The number of nitrogens with one attached hydrogen (secondary N) is 1. The summed E-state index contributed by atoms with van der Waals surface area (Å²) >= 11 is 1.56. The summed E-state index contributed by atoms with van der Waals surface area (Å²) in [6.07, 6.45) is 2.68. The third-order valence-corrected chi connectivity index (χ3v) is 4.40. The maximum absolute atomic E-state index is 12.2. The smallest absolute Gasteiger partial charge is 0.260 e. The summed E-state index contributed by atoms with van der Waals surface area (Å²) in [5.41, 5.74) is 2.44. The number of aromatic nitrogens is 3. The fourth-order valence-corrected chi connectivity index (χ4v) is 3.45. The van der Waals surface area contributed by atoms with Gasteiger partial charge in [-0.25, -0.2) is 4.98 Å². The summed E-state index contributed by atoms with van der Waals surface area (Å²) in [4.78, 5) is 20.2. The first-order valence-electron chi connectivity index (χ1n) is 6.51. The van der Waals surface area contributed by atoms with E-state index >= 15 is 0 Å². The van der Waals surface area contributed by atoms with Gasteiger partial charge >= 0.3 is 0 Å². The first kappa shape index (κ1) is 13.3. The van der Waals surface area contributed by atoms with E-state index in [0.29, 0.717) is 10.7 Å². The monoisotopic (exact) mass is 291 g/mol. The molecule has 3 heterocycles. The van der Waals surface area contributed by atoms with Crippen LogP contribution in [0.2, 0.25) is 0 Å². The van der Waals surface area contributed by atoms with Crippen molar-refractivity contribution in [2.75, 3.05) is 18.9 Å². The Morgan fingerprint density at radius 3 is 2.95 bits per heavy atom. The molecule has 2 aromatic rings. The molecule has 0 unspecified atom stereocenters. The van der Waals surface area contributed by atoms with E-state index in [9.17, 15) is 4.79 Å². The van der Waals surface area contributed by atoms with Crippen LogP contribution in [-0.2, 0) is 20.0 Å². The van der Waals surface area contributed by atoms with Gasteiger partial charge in [-0.1, -0.05) is 0 Å². The Morgan fingerprint density at radius 2 is 2.25 bits per heavy atom. The number of carbonyl (C=O) groups excluding carboxylic acids is 1. The van der Waals surface area contributed by atoms with E-state index in [-0.39, 0.29) is 5.91 Å². The SMILES string of the molecule is Cc1nn(C)cc1C(=O)Nc1nc2c(s1)CN(C)CC2. The molecule has 0 saturated heterocycles. The predicted molar refractivity (Wildman–Crippen MR) is 78.1 cm³/mol. The fraction of sp³-hybridized carbons (Fsp3) is 0.462. The van der Waals surface area contributed by atoms with Crippen LogP contribution in [0.25, 0.3) is 0 Å². The summed E-state index contributed by atoms with van der Waals surface area (Å²) in [5.74, 6) is -0.143. The Morgan fingerprint density at radius 1 is 1.45 bits per heavy atom. The summed E-state index contributed by atoms with van der Waals surface area (Å²) in [6.45, 7) is 3.76. The number of fused-ring (bicyclic) bond motifs is 1. The number of rotatable bonds is 2. The highest BCUT2D eigenvalue weighted by molar-refractivity contribution is 7.15. The van der Waals surface area contributed by atoms with E-state index in [2.05, 4.69) is 27.3 Å². The van der Waals surface area contributed by atoms with Gasteiger partial charge in [-0.3, -0.25) is 14.8 Å². The molecular formula is C13H17N5OS. The number of anilines is 1. The van der Waals surface area contributed by atoms with Crippen LogP contribution >= 0.6 is 11.3 Å². The second-order valence-electron chi connectivity index (χ2n) is 5.13. The number of aryl methyl sites for hydroxylation is 2. The van der Waals surface area contributed by atoms with Gasteiger partial charge in [-0.2, -0.15) is 5.10 Å². The Labute approximate surface area is 121 Å². The third-order valence-electron chi connectivity index (χ3n) is 3.40. The number of likely N-dealkylation sites (N-methyl/N-ethyl adjacent to an activating group) is 1. The molecule has 0 bridgehead atoms. The molecule has 0 saturated carbocycles. The highest BCUT2D eigenvalue weighted by Gasteiger charge is 2.20. The van der Waals surface area contributed by atoms with Crippen LogP contribution in [0.4, 0.5) is 5.13 Å². The normalized spacial score (nSPS) is 15.2. The van der Waals surface area contributed by atoms with Gasteiger partial charge in [0.25, 0.3) is 5.91 Å². The fourth-order valence-electron chi connectivity index (χ4n) is 2.36. The molecule has 1 aliphatic heterocycles. The highest BCUT2D eigenvalue weighted by atomic mass is 32.1. The number of amides is 1. The van der Waals surface area contributed by atoms with Crippen LogP contribution in [0.1, 0.15) is 26.6 Å². The molecule has 3 rings (SSSR count). The van der Waals surface area contributed by atoms with E-state index < -0.39 is 0 Å². The maximum atomic E-state index is 12.2. The largest absolute Gasteiger partial charge is 0.301 e. The van der Waals surface area contributed by atoms with Gasteiger partial charge in [-0.05, 0) is 14.0 Å². The van der Waals surface area contributed by atoms with Crippen LogP contribution in [0, 0.1) is 6.92 Å². The van der Waals surface area contributed by atoms with Gasteiger partial charge in [0.1, 0.15) is 0 Å². The van der Waals surface area contributed by atoms with E-state index in [0.717, 1.165) is 30.9 Å². The minimum atomic E-state index is -0.143. The quantitative estimate of drug-likeness (QED) is 0.909. The molecule has 106 valence electrons. The van der Waals surface area contributed by atoms with Gasteiger partial charge < -0.3 is 4.90 Å². The predicted octanol–water partition coefficient (Wildman–Crippen LogP) is 1.43. The Balaban J connectivity index is 1.78. The maximum Gasteiger partial charge on any atom is 0.260 e. The van der Waals surface area contributed by atoms with Crippen molar-refractivity contribution in [1.29, 1.82) is 0 Å². The number of hydrogen-bond donors (Lipinski definition) is 1. The zero-order valence-electron chi connectivity index (χ0n) is 11.8. The van der Waals surface area contributed by atoms with Gasteiger partial charge in [0.15, 0.2) is 5.13 Å². The van der Waals surface area contributed by atoms with Gasteiger partial charge in [0, 0.05) is 37.6 Å². The third kappa shape index (κ3) is 2.46. The molecule has 6 nitrogen and oxygen atoms in total. The molecule has 1 N–H and O–H groups in total. The van der Waals surface area contributed by atoms with Gasteiger partial charge in [-0.15, -0.1) is 11.3 Å². The van der Waals surface area contributed by atoms with Crippen molar-refractivity contribution in [3.05, 3.63) is 28.0 Å². The van der Waals surface area contributed by atoms with Gasteiger partial charge in [0.05, 0.1) is 17.0 Å². The lowest BCUT2D eigenvalue weighted by atomic mass is 10.2. The molecule has 2 aromatic heterocycles.